The molecule has 0 heterocycles. The SMILES string of the molecule is COC(=O)C(C)CN(C)C(=O)C(C(C)C)C(C)C. The molecular formula is C14H27NO3. The molecule has 106 valence electrons. The summed E-state index contributed by atoms with van der Waals surface area (Å²) >= 11 is 0. The zero-order valence-corrected chi connectivity index (χ0v) is 12.7. The number of hydrogen-bond donors (Lipinski definition) is 0. The minimum absolute atomic E-state index is 0.000142. The average molecular weight is 257 g/mol. The molecule has 4 nitrogen and oxygen atoms in total. The second kappa shape index (κ2) is 7.39. The Bertz CT molecular complexity index is 279. The predicted octanol–water partition coefficient (Wildman–Crippen LogP) is 2.18. The van der Waals surface area contributed by atoms with Crippen LogP contribution in [0.1, 0.15) is 34.6 Å². The van der Waals surface area contributed by atoms with Gasteiger partial charge in [-0.2, -0.15) is 0 Å². The van der Waals surface area contributed by atoms with Gasteiger partial charge in [0.05, 0.1) is 13.0 Å². The van der Waals surface area contributed by atoms with Crippen LogP contribution in [0.4, 0.5) is 0 Å². The standard InChI is InChI=1S/C14H27NO3/c1-9(2)12(10(3)4)13(16)15(6)8-11(5)14(17)18-7/h9-12H,8H2,1-7H3. The fourth-order valence-corrected chi connectivity index (χ4v) is 2.37. The van der Waals surface area contributed by atoms with Crippen molar-refractivity contribution in [1.82, 2.24) is 4.90 Å². The highest BCUT2D eigenvalue weighted by molar-refractivity contribution is 5.80. The third-order valence-corrected chi connectivity index (χ3v) is 3.25. The molecule has 0 aliphatic carbocycles. The number of methoxy groups -OCH3 is 1. The third kappa shape index (κ3) is 4.67. The van der Waals surface area contributed by atoms with E-state index in [0.29, 0.717) is 18.4 Å². The number of carbonyl (C=O) groups is 2. The van der Waals surface area contributed by atoms with Crippen LogP contribution in [-0.4, -0.2) is 37.5 Å². The zero-order chi connectivity index (χ0) is 14.5. The van der Waals surface area contributed by atoms with Crippen LogP contribution in [0, 0.1) is 23.7 Å². The number of hydrogen-bond acceptors (Lipinski definition) is 3. The lowest BCUT2D eigenvalue weighted by Gasteiger charge is -2.30. The van der Waals surface area contributed by atoms with Crippen molar-refractivity contribution in [3.8, 4) is 0 Å². The monoisotopic (exact) mass is 257 g/mol. The van der Waals surface area contributed by atoms with E-state index in [2.05, 4.69) is 32.4 Å². The van der Waals surface area contributed by atoms with E-state index < -0.39 is 0 Å². The lowest BCUT2D eigenvalue weighted by Crippen LogP contribution is -2.41. The van der Waals surface area contributed by atoms with Crippen molar-refractivity contribution in [3.05, 3.63) is 0 Å². The van der Waals surface area contributed by atoms with Crippen LogP contribution in [-0.2, 0) is 14.3 Å². The summed E-state index contributed by atoms with van der Waals surface area (Å²) in [4.78, 5) is 25.3. The second-order valence-corrected chi connectivity index (χ2v) is 5.66. The van der Waals surface area contributed by atoms with Gasteiger partial charge >= 0.3 is 5.97 Å². The van der Waals surface area contributed by atoms with Crippen molar-refractivity contribution in [2.24, 2.45) is 23.7 Å². The Balaban J connectivity index is 4.62. The van der Waals surface area contributed by atoms with Crippen LogP contribution >= 0.6 is 0 Å². The van der Waals surface area contributed by atoms with Crippen molar-refractivity contribution < 1.29 is 14.3 Å². The van der Waals surface area contributed by atoms with E-state index >= 15 is 0 Å². The molecule has 0 rings (SSSR count). The first-order valence-electron chi connectivity index (χ1n) is 6.55. The molecule has 0 radical (unpaired) electrons. The molecule has 0 aromatic heterocycles. The molecule has 0 bridgehead atoms. The molecule has 18 heavy (non-hydrogen) atoms. The molecule has 1 amide bonds. The highest BCUT2D eigenvalue weighted by Crippen LogP contribution is 2.23. The van der Waals surface area contributed by atoms with Crippen molar-refractivity contribution in [2.45, 2.75) is 34.6 Å². The summed E-state index contributed by atoms with van der Waals surface area (Å²) < 4.78 is 4.67. The number of carbonyl (C=O) groups excluding carboxylic acids is 2. The third-order valence-electron chi connectivity index (χ3n) is 3.25. The summed E-state index contributed by atoms with van der Waals surface area (Å²) in [6, 6.07) is 0. The second-order valence-electron chi connectivity index (χ2n) is 5.66. The number of nitrogens with zero attached hydrogens (tertiary/aromatic N) is 1. The van der Waals surface area contributed by atoms with Gasteiger partial charge in [0.25, 0.3) is 0 Å². The molecule has 0 spiro atoms. The molecule has 0 aliphatic rings. The Labute approximate surface area is 111 Å². The molecule has 1 atom stereocenters. The number of esters is 1. The fraction of sp³-hybridized carbons (Fsp3) is 0.857. The van der Waals surface area contributed by atoms with E-state index in [4.69, 9.17) is 0 Å². The van der Waals surface area contributed by atoms with Crippen molar-refractivity contribution in [2.75, 3.05) is 20.7 Å². The van der Waals surface area contributed by atoms with E-state index in [1.54, 1.807) is 18.9 Å². The summed E-state index contributed by atoms with van der Waals surface area (Å²) in [5, 5.41) is 0. The minimum atomic E-state index is -0.288. The smallest absolute Gasteiger partial charge is 0.310 e. The van der Waals surface area contributed by atoms with Crippen molar-refractivity contribution in [3.63, 3.8) is 0 Å². The zero-order valence-electron chi connectivity index (χ0n) is 12.7. The molecule has 1 unspecified atom stereocenters. The Morgan fingerprint density at radius 2 is 1.50 bits per heavy atom. The van der Waals surface area contributed by atoms with Crippen LogP contribution in [0.3, 0.4) is 0 Å². The molecular weight excluding hydrogens is 230 g/mol. The summed E-state index contributed by atoms with van der Waals surface area (Å²) in [5.74, 6) is 0.140. The highest BCUT2D eigenvalue weighted by Gasteiger charge is 2.29. The van der Waals surface area contributed by atoms with Crippen LogP contribution < -0.4 is 0 Å². The molecule has 0 saturated carbocycles. The largest absolute Gasteiger partial charge is 0.469 e. The quantitative estimate of drug-likeness (QED) is 0.685. The van der Waals surface area contributed by atoms with Crippen LogP contribution in [0.2, 0.25) is 0 Å². The normalized spacial score (nSPS) is 13.0. The maximum absolute atomic E-state index is 12.3. The molecule has 0 saturated heterocycles. The Morgan fingerprint density at radius 1 is 1.06 bits per heavy atom. The van der Waals surface area contributed by atoms with Crippen molar-refractivity contribution in [1.29, 1.82) is 0 Å². The summed E-state index contributed by atoms with van der Waals surface area (Å²) in [6.45, 7) is 10.4. The molecule has 0 aliphatic heterocycles. The first kappa shape index (κ1) is 16.9. The molecule has 0 N–H and O–H groups in total. The van der Waals surface area contributed by atoms with Gasteiger partial charge in [0.15, 0.2) is 0 Å². The first-order valence-corrected chi connectivity index (χ1v) is 6.55. The van der Waals surface area contributed by atoms with E-state index in [1.165, 1.54) is 7.11 Å². The Hall–Kier alpha value is -1.06. The average Bonchev–Trinajstić information content (AvgIpc) is 2.26. The molecule has 0 aromatic rings. The molecule has 0 aromatic carbocycles. The molecule has 0 fully saturated rings. The van der Waals surface area contributed by atoms with E-state index in [9.17, 15) is 9.59 Å². The first-order chi connectivity index (χ1) is 8.22. The van der Waals surface area contributed by atoms with Gasteiger partial charge < -0.3 is 9.64 Å². The summed E-state index contributed by atoms with van der Waals surface area (Å²) in [5.41, 5.74) is 0. The Morgan fingerprint density at radius 3 is 1.83 bits per heavy atom. The van der Waals surface area contributed by atoms with Gasteiger partial charge in [-0.15, -0.1) is 0 Å². The lowest BCUT2D eigenvalue weighted by molar-refractivity contribution is -0.147. The number of amides is 1. The minimum Gasteiger partial charge on any atom is -0.469 e. The van der Waals surface area contributed by atoms with Gasteiger partial charge in [-0.1, -0.05) is 34.6 Å². The molecule has 4 heteroatoms. The number of rotatable bonds is 6. The summed E-state index contributed by atoms with van der Waals surface area (Å²) in [6.07, 6.45) is 0. The lowest BCUT2D eigenvalue weighted by atomic mass is 9.84. The van der Waals surface area contributed by atoms with E-state index in [0.717, 1.165) is 0 Å². The van der Waals surface area contributed by atoms with Gasteiger partial charge in [-0.25, -0.2) is 0 Å². The van der Waals surface area contributed by atoms with E-state index in [-0.39, 0.29) is 23.7 Å². The van der Waals surface area contributed by atoms with Crippen LogP contribution in [0.25, 0.3) is 0 Å². The van der Waals surface area contributed by atoms with Crippen LogP contribution in [0.5, 0.6) is 0 Å². The topological polar surface area (TPSA) is 46.6 Å². The van der Waals surface area contributed by atoms with Gasteiger partial charge in [-0.3, -0.25) is 9.59 Å². The van der Waals surface area contributed by atoms with E-state index in [1.807, 2.05) is 0 Å². The maximum atomic E-state index is 12.3. The summed E-state index contributed by atoms with van der Waals surface area (Å²) in [7, 11) is 3.12. The van der Waals surface area contributed by atoms with Crippen molar-refractivity contribution >= 4 is 11.9 Å². The highest BCUT2D eigenvalue weighted by atomic mass is 16.5. The predicted molar refractivity (Wildman–Crippen MR) is 72.0 cm³/mol. The maximum Gasteiger partial charge on any atom is 0.310 e. The fourth-order valence-electron chi connectivity index (χ4n) is 2.37. The number of ether oxygens (including phenoxy) is 1. The van der Waals surface area contributed by atoms with Crippen LogP contribution in [0.15, 0.2) is 0 Å². The van der Waals surface area contributed by atoms with Gasteiger partial charge in [-0.05, 0) is 11.8 Å². The Kier molecular flexibility index (Phi) is 6.96. The van der Waals surface area contributed by atoms with Gasteiger partial charge in [0.2, 0.25) is 5.91 Å². The van der Waals surface area contributed by atoms with Gasteiger partial charge in [0.1, 0.15) is 0 Å². The van der Waals surface area contributed by atoms with Gasteiger partial charge in [0, 0.05) is 19.5 Å².